The van der Waals surface area contributed by atoms with Crippen molar-refractivity contribution in [1.29, 1.82) is 0 Å². The molecule has 0 aromatic heterocycles. The lowest BCUT2D eigenvalue weighted by Crippen LogP contribution is -2.48. The molecule has 0 aromatic rings. The molecule has 1 rings (SSSR count). The Bertz CT molecular complexity index is 238. The van der Waals surface area contributed by atoms with E-state index < -0.39 is 0 Å². The normalized spacial score (nSPS) is 18.0. The van der Waals surface area contributed by atoms with E-state index in [9.17, 15) is 4.79 Å². The van der Waals surface area contributed by atoms with Crippen LogP contribution in [0, 0.1) is 0 Å². The summed E-state index contributed by atoms with van der Waals surface area (Å²) in [6, 6.07) is 0.673. The summed E-state index contributed by atoms with van der Waals surface area (Å²) in [6.45, 7) is 6.15. The standard InChI is InChI=1S/C13H24N2O/c1-4-11(5-2)15-13(16)10(3)14-12-8-6-7-9-12/h6-7,10-12,14H,4-5,8-9H2,1-3H3,(H,15,16). The highest BCUT2D eigenvalue weighted by atomic mass is 16.2. The third kappa shape index (κ3) is 3.97. The summed E-state index contributed by atoms with van der Waals surface area (Å²) < 4.78 is 0. The lowest BCUT2D eigenvalue weighted by Gasteiger charge is -2.22. The highest BCUT2D eigenvalue weighted by Gasteiger charge is 2.19. The van der Waals surface area contributed by atoms with Crippen LogP contribution >= 0.6 is 0 Å². The van der Waals surface area contributed by atoms with E-state index in [1.807, 2.05) is 6.92 Å². The minimum absolute atomic E-state index is 0.0921. The third-order valence-corrected chi connectivity index (χ3v) is 3.22. The Balaban J connectivity index is 2.29. The predicted molar refractivity (Wildman–Crippen MR) is 67.3 cm³/mol. The summed E-state index contributed by atoms with van der Waals surface area (Å²) in [5.41, 5.74) is 0. The predicted octanol–water partition coefficient (Wildman–Crippen LogP) is 1.99. The van der Waals surface area contributed by atoms with Crippen molar-refractivity contribution in [2.24, 2.45) is 0 Å². The molecule has 0 radical (unpaired) electrons. The molecular weight excluding hydrogens is 200 g/mol. The number of amides is 1. The van der Waals surface area contributed by atoms with Crippen LogP contribution in [0.15, 0.2) is 12.2 Å². The summed E-state index contributed by atoms with van der Waals surface area (Å²) in [5, 5.41) is 6.43. The lowest BCUT2D eigenvalue weighted by molar-refractivity contribution is -0.123. The highest BCUT2D eigenvalue weighted by molar-refractivity contribution is 5.81. The lowest BCUT2D eigenvalue weighted by atomic mass is 10.1. The van der Waals surface area contributed by atoms with Crippen LogP contribution in [0.3, 0.4) is 0 Å². The van der Waals surface area contributed by atoms with Crippen LogP contribution in [0.1, 0.15) is 46.5 Å². The first-order valence-corrected chi connectivity index (χ1v) is 6.38. The molecule has 0 saturated heterocycles. The zero-order valence-corrected chi connectivity index (χ0v) is 10.6. The van der Waals surface area contributed by atoms with Gasteiger partial charge in [0.05, 0.1) is 6.04 Å². The van der Waals surface area contributed by atoms with Gasteiger partial charge in [0.25, 0.3) is 0 Å². The second kappa shape index (κ2) is 6.69. The Morgan fingerprint density at radius 3 is 2.38 bits per heavy atom. The number of nitrogens with one attached hydrogen (secondary N) is 2. The molecule has 1 amide bonds. The van der Waals surface area contributed by atoms with Gasteiger partial charge in [0.15, 0.2) is 0 Å². The molecule has 1 unspecified atom stereocenters. The van der Waals surface area contributed by atoms with Gasteiger partial charge in [0.2, 0.25) is 5.91 Å². The zero-order chi connectivity index (χ0) is 12.0. The van der Waals surface area contributed by atoms with Gasteiger partial charge in [-0.3, -0.25) is 4.79 Å². The quantitative estimate of drug-likeness (QED) is 0.677. The molecule has 1 aliphatic carbocycles. The van der Waals surface area contributed by atoms with Crippen molar-refractivity contribution >= 4 is 5.91 Å². The summed E-state index contributed by atoms with van der Waals surface area (Å²) in [7, 11) is 0. The van der Waals surface area contributed by atoms with Crippen LogP contribution in [0.2, 0.25) is 0 Å². The van der Waals surface area contributed by atoms with Gasteiger partial charge < -0.3 is 10.6 Å². The number of hydrogen-bond donors (Lipinski definition) is 2. The van der Waals surface area contributed by atoms with E-state index in [1.165, 1.54) is 0 Å². The van der Waals surface area contributed by atoms with Crippen LogP contribution in [0.4, 0.5) is 0 Å². The molecule has 0 bridgehead atoms. The zero-order valence-electron chi connectivity index (χ0n) is 10.6. The van der Waals surface area contributed by atoms with E-state index in [1.54, 1.807) is 0 Å². The van der Waals surface area contributed by atoms with Gasteiger partial charge in [-0.05, 0) is 32.6 Å². The van der Waals surface area contributed by atoms with Crippen LogP contribution < -0.4 is 10.6 Å². The first-order chi connectivity index (χ1) is 7.67. The van der Waals surface area contributed by atoms with Gasteiger partial charge >= 0.3 is 0 Å². The number of hydrogen-bond acceptors (Lipinski definition) is 2. The average molecular weight is 224 g/mol. The van der Waals surface area contributed by atoms with Crippen molar-refractivity contribution < 1.29 is 4.79 Å². The maximum absolute atomic E-state index is 11.9. The van der Waals surface area contributed by atoms with E-state index >= 15 is 0 Å². The van der Waals surface area contributed by atoms with E-state index in [-0.39, 0.29) is 11.9 Å². The van der Waals surface area contributed by atoms with Crippen LogP contribution in [-0.2, 0) is 4.79 Å². The molecule has 0 aromatic carbocycles. The third-order valence-electron chi connectivity index (χ3n) is 3.22. The van der Waals surface area contributed by atoms with Crippen molar-refractivity contribution in [3.8, 4) is 0 Å². The average Bonchev–Trinajstić information content (AvgIpc) is 2.78. The Kier molecular flexibility index (Phi) is 5.53. The maximum atomic E-state index is 11.9. The molecule has 0 saturated carbocycles. The molecule has 16 heavy (non-hydrogen) atoms. The fraction of sp³-hybridized carbons (Fsp3) is 0.769. The largest absolute Gasteiger partial charge is 0.352 e. The van der Waals surface area contributed by atoms with E-state index in [4.69, 9.17) is 0 Å². The smallest absolute Gasteiger partial charge is 0.237 e. The van der Waals surface area contributed by atoms with Crippen LogP contribution in [-0.4, -0.2) is 24.0 Å². The summed E-state index contributed by atoms with van der Waals surface area (Å²) in [6.07, 6.45) is 8.43. The molecule has 3 heteroatoms. The Morgan fingerprint density at radius 1 is 1.31 bits per heavy atom. The Hall–Kier alpha value is -0.830. The molecular formula is C13H24N2O. The van der Waals surface area contributed by atoms with Crippen molar-refractivity contribution in [2.45, 2.75) is 64.6 Å². The van der Waals surface area contributed by atoms with Gasteiger partial charge in [-0.1, -0.05) is 26.0 Å². The van der Waals surface area contributed by atoms with Crippen molar-refractivity contribution in [1.82, 2.24) is 10.6 Å². The molecule has 0 heterocycles. The maximum Gasteiger partial charge on any atom is 0.237 e. The summed E-state index contributed by atoms with van der Waals surface area (Å²) in [5.74, 6) is 0.126. The highest BCUT2D eigenvalue weighted by Crippen LogP contribution is 2.10. The van der Waals surface area contributed by atoms with E-state index in [0.717, 1.165) is 25.7 Å². The first-order valence-electron chi connectivity index (χ1n) is 6.38. The molecule has 3 nitrogen and oxygen atoms in total. The fourth-order valence-electron chi connectivity index (χ4n) is 2.00. The number of carbonyl (C=O) groups is 1. The molecule has 1 aliphatic rings. The fourth-order valence-corrected chi connectivity index (χ4v) is 2.00. The molecule has 2 N–H and O–H groups in total. The number of carbonyl (C=O) groups excluding carboxylic acids is 1. The van der Waals surface area contributed by atoms with Crippen LogP contribution in [0.25, 0.3) is 0 Å². The van der Waals surface area contributed by atoms with Gasteiger partial charge in [-0.2, -0.15) is 0 Å². The van der Waals surface area contributed by atoms with Crippen molar-refractivity contribution in [3.05, 3.63) is 12.2 Å². The van der Waals surface area contributed by atoms with Gasteiger partial charge in [0, 0.05) is 12.1 Å². The molecule has 92 valence electrons. The Morgan fingerprint density at radius 2 is 1.88 bits per heavy atom. The summed E-state index contributed by atoms with van der Waals surface area (Å²) >= 11 is 0. The van der Waals surface area contributed by atoms with Crippen molar-refractivity contribution in [3.63, 3.8) is 0 Å². The Labute approximate surface area is 98.7 Å². The monoisotopic (exact) mass is 224 g/mol. The second-order valence-electron chi connectivity index (χ2n) is 4.55. The van der Waals surface area contributed by atoms with Gasteiger partial charge in [-0.25, -0.2) is 0 Å². The van der Waals surface area contributed by atoms with Crippen LogP contribution in [0.5, 0.6) is 0 Å². The molecule has 0 spiro atoms. The van der Waals surface area contributed by atoms with E-state index in [2.05, 4.69) is 36.6 Å². The first kappa shape index (κ1) is 13.2. The minimum atomic E-state index is -0.0921. The van der Waals surface area contributed by atoms with Gasteiger partial charge in [0.1, 0.15) is 0 Å². The molecule has 0 aliphatic heterocycles. The SMILES string of the molecule is CCC(CC)NC(=O)C(C)NC1CC=CC1. The second-order valence-corrected chi connectivity index (χ2v) is 4.55. The number of rotatable bonds is 6. The van der Waals surface area contributed by atoms with Crippen molar-refractivity contribution in [2.75, 3.05) is 0 Å². The summed E-state index contributed by atoms with van der Waals surface area (Å²) in [4.78, 5) is 11.9. The molecule has 0 fully saturated rings. The topological polar surface area (TPSA) is 41.1 Å². The van der Waals surface area contributed by atoms with E-state index in [0.29, 0.717) is 12.1 Å². The minimum Gasteiger partial charge on any atom is -0.352 e. The molecule has 1 atom stereocenters. The van der Waals surface area contributed by atoms with Gasteiger partial charge in [-0.15, -0.1) is 0 Å².